The number of piperidine rings is 1. The van der Waals surface area contributed by atoms with Crippen LogP contribution < -0.4 is 5.32 Å². The predicted octanol–water partition coefficient (Wildman–Crippen LogP) is 4.28. The molecule has 26 heavy (non-hydrogen) atoms. The molecule has 1 amide bonds. The van der Waals surface area contributed by atoms with E-state index in [1.54, 1.807) is 0 Å². The molecule has 0 spiro atoms. The summed E-state index contributed by atoms with van der Waals surface area (Å²) in [6.07, 6.45) is 3.40. The third-order valence-electron chi connectivity index (χ3n) is 5.00. The van der Waals surface area contributed by atoms with Crippen LogP contribution in [-0.4, -0.2) is 23.9 Å². The van der Waals surface area contributed by atoms with Crippen LogP contribution in [0.2, 0.25) is 0 Å². The number of carbonyl (C=O) groups excluding carboxylic acids is 1. The van der Waals surface area contributed by atoms with Crippen molar-refractivity contribution in [1.82, 2.24) is 10.2 Å². The van der Waals surface area contributed by atoms with Crippen molar-refractivity contribution >= 4 is 16.9 Å². The zero-order valence-electron chi connectivity index (χ0n) is 14.9. The average molecular weight is 348 g/mol. The number of hydrogen-bond acceptors (Lipinski definition) is 3. The zero-order valence-corrected chi connectivity index (χ0v) is 14.9. The van der Waals surface area contributed by atoms with Crippen LogP contribution in [0.4, 0.5) is 0 Å². The minimum atomic E-state index is -0.345. The van der Waals surface area contributed by atoms with Crippen molar-refractivity contribution in [3.05, 3.63) is 72.0 Å². The first-order valence-corrected chi connectivity index (χ1v) is 9.36. The minimum Gasteiger partial charge on any atom is -0.460 e. The maximum Gasteiger partial charge on any atom is 0.244 e. The van der Waals surface area contributed by atoms with Gasteiger partial charge in [0.2, 0.25) is 5.91 Å². The Labute approximate surface area is 153 Å². The summed E-state index contributed by atoms with van der Waals surface area (Å²) in [7, 11) is 0. The van der Waals surface area contributed by atoms with Crippen LogP contribution in [0.3, 0.4) is 0 Å². The Hall–Kier alpha value is -2.59. The summed E-state index contributed by atoms with van der Waals surface area (Å²) in [4.78, 5) is 15.1. The lowest BCUT2D eigenvalue weighted by Gasteiger charge is -2.31. The summed E-state index contributed by atoms with van der Waals surface area (Å²) in [5, 5.41) is 4.51. The molecule has 1 saturated heterocycles. The summed E-state index contributed by atoms with van der Waals surface area (Å²) in [5.74, 6) is 1.01. The molecule has 2 aromatic carbocycles. The Bertz CT molecular complexity index is 833. The first-order valence-electron chi connectivity index (χ1n) is 9.36. The molecule has 1 aliphatic heterocycles. The topological polar surface area (TPSA) is 45.5 Å². The van der Waals surface area contributed by atoms with Gasteiger partial charge < -0.3 is 9.32 Å². The molecular weight excluding hydrogens is 324 g/mol. The van der Waals surface area contributed by atoms with Crippen LogP contribution in [0.1, 0.15) is 36.6 Å². The fraction of sp³-hybridized carbons (Fsp3) is 0.318. The Morgan fingerprint density at radius 2 is 1.73 bits per heavy atom. The lowest BCUT2D eigenvalue weighted by atomic mass is 10.0. The maximum atomic E-state index is 13.1. The third kappa shape index (κ3) is 3.65. The largest absolute Gasteiger partial charge is 0.460 e. The molecule has 1 fully saturated rings. The second-order valence-corrected chi connectivity index (χ2v) is 6.86. The van der Waals surface area contributed by atoms with Gasteiger partial charge in [-0.3, -0.25) is 10.1 Å². The number of furan rings is 1. The number of fused-ring (bicyclic) bond motifs is 1. The van der Waals surface area contributed by atoms with E-state index in [0.29, 0.717) is 6.54 Å². The first-order chi connectivity index (χ1) is 12.8. The van der Waals surface area contributed by atoms with Gasteiger partial charge in [0.15, 0.2) is 0 Å². The lowest BCUT2D eigenvalue weighted by molar-refractivity contribution is -0.134. The Morgan fingerprint density at radius 1 is 1.00 bits per heavy atom. The van der Waals surface area contributed by atoms with Crippen LogP contribution in [0.5, 0.6) is 0 Å². The van der Waals surface area contributed by atoms with Crippen LogP contribution >= 0.6 is 0 Å². The van der Waals surface area contributed by atoms with Gasteiger partial charge >= 0.3 is 0 Å². The number of benzene rings is 2. The molecule has 4 heteroatoms. The number of rotatable bonds is 5. The van der Waals surface area contributed by atoms with E-state index in [-0.39, 0.29) is 11.9 Å². The van der Waals surface area contributed by atoms with Crippen molar-refractivity contribution in [2.24, 2.45) is 0 Å². The van der Waals surface area contributed by atoms with Crippen LogP contribution in [0, 0.1) is 0 Å². The van der Waals surface area contributed by atoms with Crippen molar-refractivity contribution < 1.29 is 9.21 Å². The van der Waals surface area contributed by atoms with E-state index in [0.717, 1.165) is 48.2 Å². The van der Waals surface area contributed by atoms with E-state index in [2.05, 4.69) is 5.32 Å². The van der Waals surface area contributed by atoms with Crippen molar-refractivity contribution in [2.75, 3.05) is 13.1 Å². The predicted molar refractivity (Wildman–Crippen MR) is 103 cm³/mol. The molecule has 2 heterocycles. The highest BCUT2D eigenvalue weighted by atomic mass is 16.3. The van der Waals surface area contributed by atoms with Crippen LogP contribution in [0.15, 0.2) is 65.1 Å². The van der Waals surface area contributed by atoms with Gasteiger partial charge in [0.05, 0.1) is 6.54 Å². The number of nitrogens with one attached hydrogen (secondary N) is 1. The number of carbonyl (C=O) groups is 1. The number of likely N-dealkylation sites (tertiary alicyclic amines) is 1. The van der Waals surface area contributed by atoms with Gasteiger partial charge in [0, 0.05) is 18.5 Å². The lowest BCUT2D eigenvalue weighted by Crippen LogP contribution is -2.43. The molecule has 1 aliphatic rings. The van der Waals surface area contributed by atoms with Gasteiger partial charge in [-0.25, -0.2) is 0 Å². The Morgan fingerprint density at radius 3 is 2.50 bits per heavy atom. The van der Waals surface area contributed by atoms with Crippen LogP contribution in [0.25, 0.3) is 11.0 Å². The highest BCUT2D eigenvalue weighted by molar-refractivity contribution is 5.83. The number of para-hydroxylation sites is 1. The molecule has 0 aliphatic carbocycles. The van der Waals surface area contributed by atoms with Gasteiger partial charge in [-0.15, -0.1) is 0 Å². The molecule has 1 atom stereocenters. The van der Waals surface area contributed by atoms with E-state index >= 15 is 0 Å². The Balaban J connectivity index is 1.53. The molecule has 0 unspecified atom stereocenters. The highest BCUT2D eigenvalue weighted by Gasteiger charge is 2.26. The Kier molecular flexibility index (Phi) is 5.02. The molecule has 4 rings (SSSR count). The smallest absolute Gasteiger partial charge is 0.244 e. The summed E-state index contributed by atoms with van der Waals surface area (Å²) in [5.41, 5.74) is 1.88. The number of nitrogens with zero attached hydrogens (tertiary/aromatic N) is 1. The second kappa shape index (κ2) is 7.75. The van der Waals surface area contributed by atoms with Gasteiger partial charge in [0.25, 0.3) is 0 Å². The fourth-order valence-electron chi connectivity index (χ4n) is 3.62. The molecule has 3 aromatic rings. The second-order valence-electron chi connectivity index (χ2n) is 6.86. The molecular formula is C22H24N2O2. The molecule has 0 saturated carbocycles. The van der Waals surface area contributed by atoms with E-state index < -0.39 is 0 Å². The number of hydrogen-bond donors (Lipinski definition) is 1. The minimum absolute atomic E-state index is 0.159. The molecule has 1 N–H and O–H groups in total. The molecule has 1 aromatic heterocycles. The standard InChI is InChI=1S/C22H24N2O2/c25-22(24-13-7-2-8-14-24)21(17-9-3-1-4-10-17)23-16-19-15-18-11-5-6-12-20(18)26-19/h1,3-6,9-12,15,21,23H,2,7-8,13-14,16H2/t21-/m0/s1. The summed E-state index contributed by atoms with van der Waals surface area (Å²) < 4.78 is 5.89. The average Bonchev–Trinajstić information content (AvgIpc) is 3.12. The van der Waals surface area contributed by atoms with E-state index in [1.807, 2.05) is 65.6 Å². The quantitative estimate of drug-likeness (QED) is 0.749. The normalized spacial score (nSPS) is 15.9. The summed E-state index contributed by atoms with van der Waals surface area (Å²) in [6, 6.07) is 19.6. The van der Waals surface area contributed by atoms with Gasteiger partial charge in [-0.2, -0.15) is 0 Å². The first kappa shape index (κ1) is 16.9. The molecule has 4 nitrogen and oxygen atoms in total. The third-order valence-corrected chi connectivity index (χ3v) is 5.00. The van der Waals surface area contributed by atoms with Gasteiger partial charge in [0.1, 0.15) is 17.4 Å². The van der Waals surface area contributed by atoms with E-state index in [1.165, 1.54) is 6.42 Å². The number of amides is 1. The van der Waals surface area contributed by atoms with Crippen LogP contribution in [-0.2, 0) is 11.3 Å². The SMILES string of the molecule is O=C([C@@H](NCc1cc2ccccc2o1)c1ccccc1)N1CCCCC1. The van der Waals surface area contributed by atoms with Crippen molar-refractivity contribution in [3.63, 3.8) is 0 Å². The summed E-state index contributed by atoms with van der Waals surface area (Å²) in [6.45, 7) is 2.23. The van der Waals surface area contributed by atoms with Crippen molar-refractivity contribution in [3.8, 4) is 0 Å². The zero-order chi connectivity index (χ0) is 17.8. The molecule has 134 valence electrons. The van der Waals surface area contributed by atoms with Gasteiger partial charge in [-0.05, 0) is 37.0 Å². The van der Waals surface area contributed by atoms with Crippen molar-refractivity contribution in [2.45, 2.75) is 31.8 Å². The van der Waals surface area contributed by atoms with Crippen molar-refractivity contribution in [1.29, 1.82) is 0 Å². The molecule has 0 bridgehead atoms. The highest BCUT2D eigenvalue weighted by Crippen LogP contribution is 2.22. The van der Waals surface area contributed by atoms with E-state index in [9.17, 15) is 4.79 Å². The maximum absolute atomic E-state index is 13.1. The molecule has 0 radical (unpaired) electrons. The monoisotopic (exact) mass is 348 g/mol. The van der Waals surface area contributed by atoms with E-state index in [4.69, 9.17) is 4.42 Å². The van der Waals surface area contributed by atoms with Gasteiger partial charge in [-0.1, -0.05) is 48.5 Å². The summed E-state index contributed by atoms with van der Waals surface area (Å²) >= 11 is 0. The fourth-order valence-corrected chi connectivity index (χ4v) is 3.62.